The second kappa shape index (κ2) is 5.27. The highest BCUT2D eigenvalue weighted by Gasteiger charge is 2.23. The van der Waals surface area contributed by atoms with Crippen molar-refractivity contribution in [1.82, 2.24) is 4.98 Å². The van der Waals surface area contributed by atoms with Crippen molar-refractivity contribution in [1.29, 1.82) is 0 Å². The molecule has 1 fully saturated rings. The van der Waals surface area contributed by atoms with Gasteiger partial charge in [0.25, 0.3) is 0 Å². The van der Waals surface area contributed by atoms with Crippen LogP contribution in [0.25, 0.3) is 0 Å². The molecule has 0 atom stereocenters. The molecular formula is C11H14N2O3S. The third-order valence-corrected chi connectivity index (χ3v) is 3.74. The molecule has 0 unspecified atom stereocenters. The van der Waals surface area contributed by atoms with Crippen LogP contribution < -0.4 is 5.32 Å². The molecule has 0 spiro atoms. The van der Waals surface area contributed by atoms with Crippen molar-refractivity contribution in [3.63, 3.8) is 0 Å². The van der Waals surface area contributed by atoms with Crippen LogP contribution in [0.2, 0.25) is 0 Å². The largest absolute Gasteiger partial charge is 0.465 e. The van der Waals surface area contributed by atoms with Crippen LogP contribution in [0.1, 0.15) is 35.4 Å². The van der Waals surface area contributed by atoms with Gasteiger partial charge in [-0.15, -0.1) is 0 Å². The predicted molar refractivity (Wildman–Crippen MR) is 64.0 cm³/mol. The Morgan fingerprint density at radius 1 is 1.47 bits per heavy atom. The summed E-state index contributed by atoms with van der Waals surface area (Å²) in [4.78, 5) is 27.4. The van der Waals surface area contributed by atoms with E-state index >= 15 is 0 Å². The number of hydrogen-bond donors (Lipinski definition) is 1. The van der Waals surface area contributed by atoms with Crippen LogP contribution in [0.5, 0.6) is 0 Å². The molecule has 1 aromatic heterocycles. The van der Waals surface area contributed by atoms with Crippen molar-refractivity contribution in [2.75, 3.05) is 12.4 Å². The van der Waals surface area contributed by atoms with Crippen LogP contribution in [0.15, 0.2) is 6.20 Å². The number of carbonyl (C=O) groups excluding carboxylic acids is 2. The third kappa shape index (κ3) is 2.82. The molecule has 2 rings (SSSR count). The van der Waals surface area contributed by atoms with Gasteiger partial charge in [-0.25, -0.2) is 9.78 Å². The molecule has 0 bridgehead atoms. The van der Waals surface area contributed by atoms with Crippen LogP contribution >= 0.6 is 11.3 Å². The Balaban J connectivity index is 1.96. The summed E-state index contributed by atoms with van der Waals surface area (Å²) in [6.45, 7) is 0. The zero-order valence-electron chi connectivity index (χ0n) is 9.56. The quantitative estimate of drug-likeness (QED) is 0.838. The fourth-order valence-corrected chi connectivity index (χ4v) is 2.66. The highest BCUT2D eigenvalue weighted by atomic mass is 32.1. The van der Waals surface area contributed by atoms with Gasteiger partial charge in [0.05, 0.1) is 13.3 Å². The highest BCUT2D eigenvalue weighted by Crippen LogP contribution is 2.27. The van der Waals surface area contributed by atoms with Crippen LogP contribution in [0.3, 0.4) is 0 Å². The molecule has 0 aliphatic heterocycles. The van der Waals surface area contributed by atoms with Gasteiger partial charge in [0.15, 0.2) is 5.13 Å². The first kappa shape index (κ1) is 12.0. The van der Waals surface area contributed by atoms with E-state index in [2.05, 4.69) is 15.0 Å². The number of nitrogens with one attached hydrogen (secondary N) is 1. The summed E-state index contributed by atoms with van der Waals surface area (Å²) in [5.41, 5.74) is 0. The van der Waals surface area contributed by atoms with Gasteiger partial charge < -0.3 is 10.1 Å². The normalized spacial score (nSPS) is 15.8. The Kier molecular flexibility index (Phi) is 3.73. The van der Waals surface area contributed by atoms with Crippen LogP contribution in [-0.2, 0) is 9.53 Å². The summed E-state index contributed by atoms with van der Waals surface area (Å²) in [5, 5.41) is 3.20. The van der Waals surface area contributed by atoms with E-state index in [0.29, 0.717) is 10.0 Å². The SMILES string of the molecule is COC(=O)c1cnc(NC(=O)C2CCCC2)s1. The maximum atomic E-state index is 11.8. The van der Waals surface area contributed by atoms with E-state index in [1.807, 2.05) is 0 Å². The maximum absolute atomic E-state index is 11.8. The van der Waals surface area contributed by atoms with E-state index in [4.69, 9.17) is 0 Å². The van der Waals surface area contributed by atoms with Gasteiger partial charge >= 0.3 is 5.97 Å². The number of esters is 1. The second-order valence-corrected chi connectivity index (χ2v) is 5.02. The number of thiazole rings is 1. The summed E-state index contributed by atoms with van der Waals surface area (Å²) >= 11 is 1.14. The number of methoxy groups -OCH3 is 1. The fraction of sp³-hybridized carbons (Fsp3) is 0.545. The number of nitrogens with zero attached hydrogens (tertiary/aromatic N) is 1. The van der Waals surface area contributed by atoms with Crippen molar-refractivity contribution in [2.45, 2.75) is 25.7 Å². The van der Waals surface area contributed by atoms with E-state index in [0.717, 1.165) is 37.0 Å². The molecule has 1 N–H and O–H groups in total. The molecule has 0 saturated heterocycles. The first-order chi connectivity index (χ1) is 8.20. The molecular weight excluding hydrogens is 240 g/mol. The molecule has 1 aliphatic carbocycles. The Labute approximate surface area is 103 Å². The van der Waals surface area contributed by atoms with Gasteiger partial charge in [0.1, 0.15) is 4.88 Å². The van der Waals surface area contributed by atoms with Gasteiger partial charge in [0, 0.05) is 5.92 Å². The maximum Gasteiger partial charge on any atom is 0.349 e. The average molecular weight is 254 g/mol. The molecule has 1 saturated carbocycles. The molecule has 17 heavy (non-hydrogen) atoms. The zero-order valence-corrected chi connectivity index (χ0v) is 10.4. The molecule has 6 heteroatoms. The molecule has 5 nitrogen and oxygen atoms in total. The average Bonchev–Trinajstić information content (AvgIpc) is 2.98. The van der Waals surface area contributed by atoms with E-state index in [9.17, 15) is 9.59 Å². The number of amides is 1. The number of anilines is 1. The monoisotopic (exact) mass is 254 g/mol. The summed E-state index contributed by atoms with van der Waals surface area (Å²) in [5.74, 6) is -0.322. The lowest BCUT2D eigenvalue weighted by atomic mass is 10.1. The standard InChI is InChI=1S/C11H14N2O3S/c1-16-10(15)8-6-12-11(17-8)13-9(14)7-4-2-3-5-7/h6-7H,2-5H2,1H3,(H,12,13,14). The van der Waals surface area contributed by atoms with Crippen molar-refractivity contribution < 1.29 is 14.3 Å². The Hall–Kier alpha value is -1.43. The minimum atomic E-state index is -0.427. The molecule has 0 radical (unpaired) electrons. The summed E-state index contributed by atoms with van der Waals surface area (Å²) in [6, 6.07) is 0. The van der Waals surface area contributed by atoms with E-state index < -0.39 is 5.97 Å². The summed E-state index contributed by atoms with van der Waals surface area (Å²) in [7, 11) is 1.32. The van der Waals surface area contributed by atoms with Crippen LogP contribution in [0.4, 0.5) is 5.13 Å². The topological polar surface area (TPSA) is 68.3 Å². The summed E-state index contributed by atoms with van der Waals surface area (Å²) < 4.78 is 4.57. The zero-order chi connectivity index (χ0) is 12.3. The number of ether oxygens (including phenoxy) is 1. The lowest BCUT2D eigenvalue weighted by molar-refractivity contribution is -0.119. The Morgan fingerprint density at radius 2 is 2.18 bits per heavy atom. The lowest BCUT2D eigenvalue weighted by Gasteiger charge is -2.07. The Morgan fingerprint density at radius 3 is 2.82 bits per heavy atom. The number of carbonyl (C=O) groups is 2. The van der Waals surface area contributed by atoms with Crippen molar-refractivity contribution >= 4 is 28.3 Å². The van der Waals surface area contributed by atoms with Gasteiger partial charge in [0.2, 0.25) is 5.91 Å². The second-order valence-electron chi connectivity index (χ2n) is 3.99. The molecule has 0 aromatic carbocycles. The molecule has 1 aromatic rings. The lowest BCUT2D eigenvalue weighted by Crippen LogP contribution is -2.19. The smallest absolute Gasteiger partial charge is 0.349 e. The summed E-state index contributed by atoms with van der Waals surface area (Å²) in [6.07, 6.45) is 5.54. The number of rotatable bonds is 3. The first-order valence-electron chi connectivity index (χ1n) is 5.55. The molecule has 92 valence electrons. The fourth-order valence-electron chi connectivity index (χ4n) is 1.92. The van der Waals surface area contributed by atoms with Crippen molar-refractivity contribution in [3.05, 3.63) is 11.1 Å². The van der Waals surface area contributed by atoms with Crippen LogP contribution in [0, 0.1) is 5.92 Å². The first-order valence-corrected chi connectivity index (χ1v) is 6.37. The predicted octanol–water partition coefficient (Wildman–Crippen LogP) is 2.06. The van der Waals surface area contributed by atoms with E-state index in [-0.39, 0.29) is 11.8 Å². The minimum absolute atomic E-state index is 0.00765. The molecule has 1 aliphatic rings. The van der Waals surface area contributed by atoms with Crippen LogP contribution in [-0.4, -0.2) is 24.0 Å². The molecule has 1 heterocycles. The van der Waals surface area contributed by atoms with Gasteiger partial charge in [-0.1, -0.05) is 24.2 Å². The number of aromatic nitrogens is 1. The van der Waals surface area contributed by atoms with Gasteiger partial charge in [-0.05, 0) is 12.8 Å². The van der Waals surface area contributed by atoms with Gasteiger partial charge in [-0.3, -0.25) is 4.79 Å². The van der Waals surface area contributed by atoms with Crippen molar-refractivity contribution in [2.24, 2.45) is 5.92 Å². The van der Waals surface area contributed by atoms with E-state index in [1.54, 1.807) is 0 Å². The molecule has 1 amide bonds. The number of hydrogen-bond acceptors (Lipinski definition) is 5. The Bertz CT molecular complexity index is 424. The van der Waals surface area contributed by atoms with Crippen molar-refractivity contribution in [3.8, 4) is 0 Å². The third-order valence-electron chi connectivity index (χ3n) is 2.85. The highest BCUT2D eigenvalue weighted by molar-refractivity contribution is 7.17. The minimum Gasteiger partial charge on any atom is -0.465 e. The van der Waals surface area contributed by atoms with Gasteiger partial charge in [-0.2, -0.15) is 0 Å². The van der Waals surface area contributed by atoms with E-state index in [1.165, 1.54) is 13.3 Å².